The summed E-state index contributed by atoms with van der Waals surface area (Å²) in [6.45, 7) is 2.36. The lowest BCUT2D eigenvalue weighted by Gasteiger charge is -2.44. The summed E-state index contributed by atoms with van der Waals surface area (Å²) in [5.41, 5.74) is 17.3. The van der Waals surface area contributed by atoms with Gasteiger partial charge in [0.1, 0.15) is 0 Å². The minimum atomic E-state index is 0.113. The van der Waals surface area contributed by atoms with Gasteiger partial charge >= 0.3 is 0 Å². The van der Waals surface area contributed by atoms with Crippen LogP contribution in [-0.4, -0.2) is 11.3 Å². The smallest absolute Gasteiger partial charge is 0.273 e. The lowest BCUT2D eigenvalue weighted by Crippen LogP contribution is -2.63. The predicted octanol–water partition coefficient (Wildman–Crippen LogP) is 7.75. The van der Waals surface area contributed by atoms with Crippen molar-refractivity contribution in [3.8, 4) is 5.69 Å². The summed E-state index contributed by atoms with van der Waals surface area (Å²) in [4.78, 5) is 5.08. The zero-order valence-electron chi connectivity index (χ0n) is 24.4. The molecular formula is C39H32BN3. The molecule has 0 radical (unpaired) electrons. The van der Waals surface area contributed by atoms with Crippen molar-refractivity contribution >= 4 is 57.4 Å². The van der Waals surface area contributed by atoms with Gasteiger partial charge in [0.05, 0.1) is 5.69 Å². The molecule has 1 aromatic heterocycles. The summed E-state index contributed by atoms with van der Waals surface area (Å²) < 4.78 is 2.64. The molecule has 4 heteroatoms. The Labute approximate surface area is 253 Å². The molecule has 3 nitrogen and oxygen atoms in total. The highest BCUT2D eigenvalue weighted by Crippen LogP contribution is 2.47. The Morgan fingerprint density at radius 2 is 1.12 bits per heavy atom. The summed E-state index contributed by atoms with van der Waals surface area (Å²) in [6.07, 6.45) is 4.68. The Bertz CT molecular complexity index is 2000. The van der Waals surface area contributed by atoms with Gasteiger partial charge in [0, 0.05) is 45.4 Å². The van der Waals surface area contributed by atoms with Crippen LogP contribution in [0.4, 0.5) is 34.1 Å². The second-order valence-electron chi connectivity index (χ2n) is 12.1. The first-order valence-corrected chi connectivity index (χ1v) is 15.5. The minimum absolute atomic E-state index is 0.113. The first-order chi connectivity index (χ1) is 21.3. The molecule has 0 unspecified atom stereocenters. The van der Waals surface area contributed by atoms with Crippen LogP contribution in [0.5, 0.6) is 0 Å². The maximum Gasteiger partial charge on any atom is 0.273 e. The average molecular weight is 554 g/mol. The molecule has 3 aliphatic rings. The lowest BCUT2D eigenvalue weighted by molar-refractivity contribution is 0.664. The quantitative estimate of drug-likeness (QED) is 0.207. The van der Waals surface area contributed by atoms with E-state index in [1.807, 2.05) is 0 Å². The van der Waals surface area contributed by atoms with Crippen molar-refractivity contribution in [1.82, 2.24) is 4.57 Å². The molecule has 0 amide bonds. The van der Waals surface area contributed by atoms with E-state index in [0.29, 0.717) is 0 Å². The number of aryl methyl sites for hydroxylation is 1. The monoisotopic (exact) mass is 553 g/mol. The van der Waals surface area contributed by atoms with Crippen molar-refractivity contribution in [2.45, 2.75) is 32.6 Å². The number of hydrogen-bond donors (Lipinski definition) is 0. The summed E-state index contributed by atoms with van der Waals surface area (Å²) in [5.74, 6) is 0. The molecule has 43 heavy (non-hydrogen) atoms. The van der Waals surface area contributed by atoms with Crippen LogP contribution in [-0.2, 0) is 12.8 Å². The number of rotatable bonds is 3. The zero-order valence-corrected chi connectivity index (χ0v) is 24.4. The molecule has 1 aliphatic carbocycles. The molecule has 5 aromatic carbocycles. The van der Waals surface area contributed by atoms with E-state index in [9.17, 15) is 0 Å². The zero-order chi connectivity index (χ0) is 28.5. The van der Waals surface area contributed by atoms with Gasteiger partial charge in [0.25, 0.3) is 6.71 Å². The standard InChI is InChI=1S/C39H32BN3/c1-27-25-35-37-36(26-27)42(29-17-7-3-8-18-29)38-31-21-11-13-23-33(31)43(30-19-9-4-10-20-30)39(38)40(37)32-22-12-14-24-34(32)41(35)28-15-5-2-6-16-28/h2-10,12,14-20,22,24-26H,11,13,21,23H2,1H3. The maximum atomic E-state index is 2.64. The van der Waals surface area contributed by atoms with Gasteiger partial charge in [-0.3, -0.25) is 0 Å². The number of hydrogen-bond acceptors (Lipinski definition) is 2. The van der Waals surface area contributed by atoms with E-state index in [1.165, 1.54) is 86.0 Å². The van der Waals surface area contributed by atoms with E-state index in [1.54, 1.807) is 0 Å². The Balaban J connectivity index is 1.45. The Hall–Kier alpha value is -4.96. The molecule has 6 aromatic rings. The fourth-order valence-electron chi connectivity index (χ4n) is 7.94. The molecule has 0 fully saturated rings. The van der Waals surface area contributed by atoms with E-state index in [-0.39, 0.29) is 6.71 Å². The normalized spacial score (nSPS) is 14.6. The van der Waals surface area contributed by atoms with Gasteiger partial charge in [-0.1, -0.05) is 72.8 Å². The minimum Gasteiger partial charge on any atom is -0.323 e. The van der Waals surface area contributed by atoms with Crippen LogP contribution < -0.4 is 26.3 Å². The number of fused-ring (bicyclic) bond motifs is 6. The highest BCUT2D eigenvalue weighted by atomic mass is 15.2. The number of benzene rings is 5. The third kappa shape index (κ3) is 3.56. The molecule has 206 valence electrons. The second kappa shape index (κ2) is 9.54. The Kier molecular flexibility index (Phi) is 5.46. The van der Waals surface area contributed by atoms with Gasteiger partial charge in [-0.15, -0.1) is 0 Å². The molecule has 2 aliphatic heterocycles. The summed E-state index contributed by atoms with van der Waals surface area (Å²) in [5, 5.41) is 0. The van der Waals surface area contributed by atoms with E-state index < -0.39 is 0 Å². The molecule has 0 bridgehead atoms. The molecule has 0 saturated heterocycles. The number of para-hydroxylation sites is 4. The van der Waals surface area contributed by atoms with Gasteiger partial charge < -0.3 is 14.4 Å². The van der Waals surface area contributed by atoms with Crippen molar-refractivity contribution < 1.29 is 0 Å². The molecule has 3 heterocycles. The molecule has 0 saturated carbocycles. The Morgan fingerprint density at radius 1 is 0.558 bits per heavy atom. The average Bonchev–Trinajstić information content (AvgIpc) is 3.40. The van der Waals surface area contributed by atoms with E-state index in [4.69, 9.17) is 0 Å². The maximum absolute atomic E-state index is 2.64. The van der Waals surface area contributed by atoms with Crippen molar-refractivity contribution in [2.75, 3.05) is 9.80 Å². The van der Waals surface area contributed by atoms with Crippen molar-refractivity contribution in [2.24, 2.45) is 0 Å². The summed E-state index contributed by atoms with van der Waals surface area (Å²) in [7, 11) is 0. The van der Waals surface area contributed by atoms with Gasteiger partial charge in [-0.2, -0.15) is 0 Å². The molecule has 0 atom stereocenters. The second-order valence-corrected chi connectivity index (χ2v) is 12.1. The van der Waals surface area contributed by atoms with Crippen LogP contribution in [0.15, 0.2) is 127 Å². The molecular weight excluding hydrogens is 521 g/mol. The fourth-order valence-corrected chi connectivity index (χ4v) is 7.94. The highest BCUT2D eigenvalue weighted by Gasteiger charge is 2.47. The van der Waals surface area contributed by atoms with E-state index >= 15 is 0 Å². The lowest BCUT2D eigenvalue weighted by atomic mass is 9.35. The third-order valence-corrected chi connectivity index (χ3v) is 9.56. The molecule has 9 rings (SSSR count). The third-order valence-electron chi connectivity index (χ3n) is 9.56. The Morgan fingerprint density at radius 3 is 1.81 bits per heavy atom. The van der Waals surface area contributed by atoms with Gasteiger partial charge in [-0.25, -0.2) is 0 Å². The highest BCUT2D eigenvalue weighted by molar-refractivity contribution is 7.00. The number of anilines is 6. The van der Waals surface area contributed by atoms with Crippen LogP contribution in [0, 0.1) is 6.92 Å². The van der Waals surface area contributed by atoms with Crippen LogP contribution in [0.1, 0.15) is 29.7 Å². The van der Waals surface area contributed by atoms with E-state index in [0.717, 1.165) is 12.8 Å². The topological polar surface area (TPSA) is 11.4 Å². The van der Waals surface area contributed by atoms with Crippen molar-refractivity contribution in [3.63, 3.8) is 0 Å². The van der Waals surface area contributed by atoms with Gasteiger partial charge in [0.15, 0.2) is 0 Å². The summed E-state index contributed by atoms with van der Waals surface area (Å²) in [6, 6.07) is 46.9. The number of aromatic nitrogens is 1. The SMILES string of the molecule is Cc1cc2c3c(c1)N(c1ccccc1)c1c4c(n(-c5ccccc5)c1B3c1ccccc1N2c1ccccc1)CCCC4. The van der Waals surface area contributed by atoms with Crippen LogP contribution in [0.2, 0.25) is 0 Å². The van der Waals surface area contributed by atoms with Gasteiger partial charge in [0.2, 0.25) is 0 Å². The van der Waals surface area contributed by atoms with Crippen LogP contribution in [0.3, 0.4) is 0 Å². The predicted molar refractivity (Wildman–Crippen MR) is 181 cm³/mol. The first kappa shape index (κ1) is 24.6. The summed E-state index contributed by atoms with van der Waals surface area (Å²) >= 11 is 0. The first-order valence-electron chi connectivity index (χ1n) is 15.5. The van der Waals surface area contributed by atoms with Crippen LogP contribution in [0.25, 0.3) is 5.69 Å². The number of nitrogens with zero attached hydrogens (tertiary/aromatic N) is 3. The van der Waals surface area contributed by atoms with Crippen LogP contribution >= 0.6 is 0 Å². The van der Waals surface area contributed by atoms with Crippen molar-refractivity contribution in [1.29, 1.82) is 0 Å². The van der Waals surface area contributed by atoms with Gasteiger partial charge in [-0.05, 0) is 109 Å². The molecule has 0 spiro atoms. The van der Waals surface area contributed by atoms with E-state index in [2.05, 4.69) is 149 Å². The molecule has 0 N–H and O–H groups in total. The van der Waals surface area contributed by atoms with Crippen molar-refractivity contribution in [3.05, 3.63) is 144 Å². The largest absolute Gasteiger partial charge is 0.323 e. The fraction of sp³-hybridized carbons (Fsp3) is 0.128.